The molecule has 0 aromatic heterocycles. The highest BCUT2D eigenvalue weighted by molar-refractivity contribution is 5.97. The number of carbonyl (C=O) groups excluding carboxylic acids is 2. The first kappa shape index (κ1) is 17.0. The third kappa shape index (κ3) is 5.86. The molecule has 1 aliphatic heterocycles. The molecule has 21 heavy (non-hydrogen) atoms. The second-order valence-electron chi connectivity index (χ2n) is 5.24. The molecular weight excluding hydrogens is 268 g/mol. The van der Waals surface area contributed by atoms with Crippen LogP contribution in [0.4, 0.5) is 0 Å². The zero-order chi connectivity index (χ0) is 15.7. The number of carbonyl (C=O) groups is 2. The van der Waals surface area contributed by atoms with Crippen LogP contribution in [-0.2, 0) is 9.59 Å². The smallest absolute Gasteiger partial charge is 0.263 e. The first-order chi connectivity index (χ1) is 10.1. The number of nitrogens with one attached hydrogen (secondary N) is 2. The van der Waals surface area contributed by atoms with Crippen LogP contribution in [0.1, 0.15) is 39.5 Å². The predicted octanol–water partition coefficient (Wildman–Crippen LogP) is 0.911. The summed E-state index contributed by atoms with van der Waals surface area (Å²) in [6.45, 7) is 5.95. The van der Waals surface area contributed by atoms with Gasteiger partial charge in [-0.05, 0) is 26.2 Å². The van der Waals surface area contributed by atoms with Crippen molar-refractivity contribution in [2.24, 2.45) is 0 Å². The highest BCUT2D eigenvalue weighted by Gasteiger charge is 2.19. The van der Waals surface area contributed by atoms with Gasteiger partial charge in [-0.15, -0.1) is 0 Å². The van der Waals surface area contributed by atoms with E-state index in [-0.39, 0.29) is 23.4 Å². The summed E-state index contributed by atoms with van der Waals surface area (Å²) in [6.07, 6.45) is 4.64. The summed E-state index contributed by atoms with van der Waals surface area (Å²) in [5, 5.41) is 14.7. The Morgan fingerprint density at radius 1 is 1.57 bits per heavy atom. The van der Waals surface area contributed by atoms with E-state index in [1.54, 1.807) is 0 Å². The maximum absolute atomic E-state index is 11.8. The van der Waals surface area contributed by atoms with Gasteiger partial charge in [0, 0.05) is 38.3 Å². The zero-order valence-electron chi connectivity index (χ0n) is 12.8. The van der Waals surface area contributed by atoms with E-state index in [4.69, 9.17) is 5.26 Å². The summed E-state index contributed by atoms with van der Waals surface area (Å²) in [7, 11) is 0. The molecule has 1 atom stereocenters. The molecule has 2 amide bonds. The Balaban J connectivity index is 2.28. The van der Waals surface area contributed by atoms with Crippen molar-refractivity contribution >= 4 is 11.8 Å². The molecule has 0 bridgehead atoms. The van der Waals surface area contributed by atoms with Gasteiger partial charge < -0.3 is 15.5 Å². The third-order valence-electron chi connectivity index (χ3n) is 3.55. The summed E-state index contributed by atoms with van der Waals surface area (Å²) < 4.78 is 0. The molecule has 0 spiro atoms. The molecule has 0 aromatic carbocycles. The highest BCUT2D eigenvalue weighted by Crippen LogP contribution is 2.09. The minimum Gasteiger partial charge on any atom is -0.387 e. The van der Waals surface area contributed by atoms with Gasteiger partial charge in [0.1, 0.15) is 11.6 Å². The molecule has 6 heteroatoms. The van der Waals surface area contributed by atoms with Crippen LogP contribution in [0, 0.1) is 11.3 Å². The lowest BCUT2D eigenvalue weighted by Crippen LogP contribution is -2.31. The van der Waals surface area contributed by atoms with Crippen molar-refractivity contribution in [3.05, 3.63) is 11.8 Å². The van der Waals surface area contributed by atoms with Crippen LogP contribution in [0.5, 0.6) is 0 Å². The molecule has 1 rings (SSSR count). The largest absolute Gasteiger partial charge is 0.387 e. The molecule has 0 aromatic rings. The number of hydrogen-bond acceptors (Lipinski definition) is 4. The average Bonchev–Trinajstić information content (AvgIpc) is 2.89. The van der Waals surface area contributed by atoms with Gasteiger partial charge in [0.15, 0.2) is 0 Å². The highest BCUT2D eigenvalue weighted by atomic mass is 16.2. The second kappa shape index (κ2) is 9.01. The van der Waals surface area contributed by atoms with Gasteiger partial charge in [-0.3, -0.25) is 9.59 Å². The predicted molar refractivity (Wildman–Crippen MR) is 80.0 cm³/mol. The average molecular weight is 292 g/mol. The van der Waals surface area contributed by atoms with E-state index in [1.807, 2.05) is 24.8 Å². The van der Waals surface area contributed by atoms with Crippen molar-refractivity contribution in [3.63, 3.8) is 0 Å². The molecule has 0 saturated carbocycles. The Morgan fingerprint density at radius 3 is 2.90 bits per heavy atom. The summed E-state index contributed by atoms with van der Waals surface area (Å²) in [6, 6.07) is 2.12. The molecule has 1 aliphatic rings. The van der Waals surface area contributed by atoms with Gasteiger partial charge in [-0.1, -0.05) is 6.92 Å². The van der Waals surface area contributed by atoms with Crippen molar-refractivity contribution in [1.82, 2.24) is 15.5 Å². The summed E-state index contributed by atoms with van der Waals surface area (Å²) >= 11 is 0. The monoisotopic (exact) mass is 292 g/mol. The SMILES string of the molecule is CCC(C)N/C=C(/C#N)C(=O)NCCCN1CCCC1=O. The van der Waals surface area contributed by atoms with Crippen LogP contribution in [0.2, 0.25) is 0 Å². The van der Waals surface area contributed by atoms with Crippen molar-refractivity contribution < 1.29 is 9.59 Å². The summed E-state index contributed by atoms with van der Waals surface area (Å²) in [4.78, 5) is 25.0. The fourth-order valence-electron chi connectivity index (χ4n) is 2.00. The first-order valence-electron chi connectivity index (χ1n) is 7.50. The van der Waals surface area contributed by atoms with Crippen LogP contribution in [0.25, 0.3) is 0 Å². The normalized spacial score (nSPS) is 16.5. The Bertz CT molecular complexity index is 439. The summed E-state index contributed by atoms with van der Waals surface area (Å²) in [5.74, 6) is -0.183. The van der Waals surface area contributed by atoms with E-state index >= 15 is 0 Å². The van der Waals surface area contributed by atoms with Crippen LogP contribution in [-0.4, -0.2) is 42.4 Å². The van der Waals surface area contributed by atoms with E-state index in [0.29, 0.717) is 25.9 Å². The Hall–Kier alpha value is -2.03. The summed E-state index contributed by atoms with van der Waals surface area (Å²) in [5.41, 5.74) is 0.0764. The van der Waals surface area contributed by atoms with E-state index in [0.717, 1.165) is 19.4 Å². The van der Waals surface area contributed by atoms with Gasteiger partial charge in [0.2, 0.25) is 5.91 Å². The minimum atomic E-state index is -0.374. The molecule has 2 N–H and O–H groups in total. The van der Waals surface area contributed by atoms with Gasteiger partial charge in [0.05, 0.1) is 0 Å². The number of rotatable bonds is 8. The molecule has 1 heterocycles. The molecule has 6 nitrogen and oxygen atoms in total. The second-order valence-corrected chi connectivity index (χ2v) is 5.24. The van der Waals surface area contributed by atoms with E-state index in [2.05, 4.69) is 10.6 Å². The Morgan fingerprint density at radius 2 is 2.33 bits per heavy atom. The molecule has 1 saturated heterocycles. The fraction of sp³-hybridized carbons (Fsp3) is 0.667. The molecule has 0 radical (unpaired) electrons. The number of amides is 2. The van der Waals surface area contributed by atoms with Gasteiger partial charge in [-0.2, -0.15) is 5.26 Å². The lowest BCUT2D eigenvalue weighted by atomic mass is 10.2. The lowest BCUT2D eigenvalue weighted by Gasteiger charge is -2.15. The molecule has 1 fully saturated rings. The zero-order valence-corrected chi connectivity index (χ0v) is 12.8. The van der Waals surface area contributed by atoms with Crippen LogP contribution in [0.3, 0.4) is 0 Å². The fourth-order valence-corrected chi connectivity index (χ4v) is 2.00. The first-order valence-corrected chi connectivity index (χ1v) is 7.50. The number of hydrogen-bond donors (Lipinski definition) is 2. The topological polar surface area (TPSA) is 85.2 Å². The number of nitrogens with zero attached hydrogens (tertiary/aromatic N) is 2. The maximum atomic E-state index is 11.8. The molecule has 116 valence electrons. The Labute approximate surface area is 126 Å². The van der Waals surface area contributed by atoms with E-state index < -0.39 is 0 Å². The van der Waals surface area contributed by atoms with E-state index in [1.165, 1.54) is 6.20 Å². The van der Waals surface area contributed by atoms with Crippen LogP contribution in [0.15, 0.2) is 11.8 Å². The van der Waals surface area contributed by atoms with Gasteiger partial charge in [-0.25, -0.2) is 0 Å². The maximum Gasteiger partial charge on any atom is 0.263 e. The number of likely N-dealkylation sites (tertiary alicyclic amines) is 1. The van der Waals surface area contributed by atoms with Crippen molar-refractivity contribution in [2.75, 3.05) is 19.6 Å². The van der Waals surface area contributed by atoms with Crippen LogP contribution >= 0.6 is 0 Å². The van der Waals surface area contributed by atoms with Crippen molar-refractivity contribution in [2.45, 2.75) is 45.6 Å². The minimum absolute atomic E-state index is 0.0764. The van der Waals surface area contributed by atoms with Crippen molar-refractivity contribution in [1.29, 1.82) is 5.26 Å². The van der Waals surface area contributed by atoms with Gasteiger partial charge >= 0.3 is 0 Å². The molecule has 1 unspecified atom stereocenters. The van der Waals surface area contributed by atoms with E-state index in [9.17, 15) is 9.59 Å². The number of nitriles is 1. The molecule has 0 aliphatic carbocycles. The Kier molecular flexibility index (Phi) is 7.30. The molecular formula is C15H24N4O2. The third-order valence-corrected chi connectivity index (χ3v) is 3.55. The lowest BCUT2D eigenvalue weighted by molar-refractivity contribution is -0.127. The van der Waals surface area contributed by atoms with Gasteiger partial charge in [0.25, 0.3) is 5.91 Å². The van der Waals surface area contributed by atoms with Crippen LogP contribution < -0.4 is 10.6 Å². The quantitative estimate of drug-likeness (QED) is 0.395. The van der Waals surface area contributed by atoms with Crippen molar-refractivity contribution in [3.8, 4) is 6.07 Å². The standard InChI is InChI=1S/C15H24N4O2/c1-3-12(2)18-11-13(10-16)15(21)17-7-5-9-19-8-4-6-14(19)20/h11-12,18H,3-9H2,1-2H3,(H,17,21)/b13-11-.